The number of hydrogen-bond donors (Lipinski definition) is 0. The molecule has 0 saturated heterocycles. The molecule has 0 fully saturated rings. The Labute approximate surface area is 79.1 Å². The molecule has 0 aliphatic carbocycles. The maximum absolute atomic E-state index is 13.3. The number of halogens is 1. The molecular weight excluding hydrogens is 187 g/mol. The first-order valence-corrected chi connectivity index (χ1v) is 3.98. The lowest BCUT2D eigenvalue weighted by atomic mass is 10.2. The van der Waals surface area contributed by atoms with Crippen LogP contribution in [0.4, 0.5) is 4.39 Å². The van der Waals surface area contributed by atoms with Crippen LogP contribution in [0.1, 0.15) is 10.4 Å². The van der Waals surface area contributed by atoms with Gasteiger partial charge in [-0.1, -0.05) is 6.07 Å². The van der Waals surface area contributed by atoms with Crippen LogP contribution in [-0.4, -0.2) is 13.1 Å². The lowest BCUT2D eigenvalue weighted by Crippen LogP contribution is -2.00. The minimum Gasteiger partial charge on any atom is -0.465 e. The van der Waals surface area contributed by atoms with Gasteiger partial charge in [-0.15, -0.1) is 0 Å². The van der Waals surface area contributed by atoms with E-state index in [1.807, 2.05) is 0 Å². The van der Waals surface area contributed by atoms with E-state index in [2.05, 4.69) is 4.74 Å². The molecule has 0 atom stereocenters. The van der Waals surface area contributed by atoms with Gasteiger partial charge in [-0.3, -0.25) is 0 Å². The Balaban J connectivity index is 2.73. The molecule has 14 heavy (non-hydrogen) atoms. The standard InChI is InChI=1S/C10H7FO3/c1-13-10(12)6-5-14-8-4-2-3-7(11)9(6)8/h2-5H,1H3. The normalized spacial score (nSPS) is 10.4. The van der Waals surface area contributed by atoms with Gasteiger partial charge in [0, 0.05) is 0 Å². The third kappa shape index (κ3) is 1.16. The molecule has 2 rings (SSSR count). The monoisotopic (exact) mass is 194 g/mol. The molecule has 0 aliphatic rings. The third-order valence-electron chi connectivity index (χ3n) is 1.95. The zero-order valence-electron chi connectivity index (χ0n) is 7.41. The van der Waals surface area contributed by atoms with Gasteiger partial charge in [-0.25, -0.2) is 9.18 Å². The SMILES string of the molecule is COC(=O)c1coc2cccc(F)c12. The average Bonchev–Trinajstić information content (AvgIpc) is 2.62. The first kappa shape index (κ1) is 8.74. The quantitative estimate of drug-likeness (QED) is 0.654. The summed E-state index contributed by atoms with van der Waals surface area (Å²) in [5.41, 5.74) is 0.450. The number of carbonyl (C=O) groups excluding carboxylic acids is 1. The maximum Gasteiger partial charge on any atom is 0.341 e. The van der Waals surface area contributed by atoms with Crippen LogP contribution in [0.5, 0.6) is 0 Å². The van der Waals surface area contributed by atoms with Crippen LogP contribution in [0, 0.1) is 5.82 Å². The Morgan fingerprint density at radius 1 is 1.50 bits per heavy atom. The van der Waals surface area contributed by atoms with Crippen molar-refractivity contribution in [3.8, 4) is 0 Å². The summed E-state index contributed by atoms with van der Waals surface area (Å²) in [7, 11) is 1.24. The Bertz CT molecular complexity index is 487. The molecule has 0 bridgehead atoms. The second kappa shape index (κ2) is 3.14. The van der Waals surface area contributed by atoms with Crippen molar-refractivity contribution in [3.05, 3.63) is 35.8 Å². The van der Waals surface area contributed by atoms with E-state index in [-0.39, 0.29) is 10.9 Å². The second-order valence-corrected chi connectivity index (χ2v) is 2.75. The van der Waals surface area contributed by atoms with Gasteiger partial charge in [0.25, 0.3) is 0 Å². The van der Waals surface area contributed by atoms with Crippen LogP contribution < -0.4 is 0 Å². The van der Waals surface area contributed by atoms with Crippen molar-refractivity contribution >= 4 is 16.9 Å². The molecule has 0 amide bonds. The van der Waals surface area contributed by atoms with E-state index in [1.54, 1.807) is 6.07 Å². The molecule has 1 aromatic heterocycles. The number of carbonyl (C=O) groups is 1. The molecule has 0 radical (unpaired) electrons. The predicted molar refractivity (Wildman–Crippen MR) is 47.5 cm³/mol. The number of rotatable bonds is 1. The summed E-state index contributed by atoms with van der Waals surface area (Å²) in [4.78, 5) is 11.2. The lowest BCUT2D eigenvalue weighted by molar-refractivity contribution is 0.0601. The molecule has 72 valence electrons. The number of fused-ring (bicyclic) bond motifs is 1. The largest absolute Gasteiger partial charge is 0.465 e. The molecule has 3 nitrogen and oxygen atoms in total. The number of benzene rings is 1. The van der Waals surface area contributed by atoms with Gasteiger partial charge in [0.05, 0.1) is 12.5 Å². The van der Waals surface area contributed by atoms with E-state index in [0.717, 1.165) is 0 Å². The highest BCUT2D eigenvalue weighted by Crippen LogP contribution is 2.24. The summed E-state index contributed by atoms with van der Waals surface area (Å²) in [5, 5.41) is 0.166. The van der Waals surface area contributed by atoms with Crippen LogP contribution in [0.15, 0.2) is 28.9 Å². The highest BCUT2D eigenvalue weighted by Gasteiger charge is 2.16. The van der Waals surface area contributed by atoms with Crippen LogP contribution in [0.25, 0.3) is 11.0 Å². The molecule has 1 heterocycles. The lowest BCUT2D eigenvalue weighted by Gasteiger charge is -1.95. The molecule has 4 heteroatoms. The van der Waals surface area contributed by atoms with E-state index in [4.69, 9.17) is 4.42 Å². The summed E-state index contributed by atoms with van der Waals surface area (Å²) in [6.07, 6.45) is 1.19. The summed E-state index contributed by atoms with van der Waals surface area (Å²) >= 11 is 0. The van der Waals surface area contributed by atoms with Gasteiger partial charge in [0.15, 0.2) is 0 Å². The molecule has 0 unspecified atom stereocenters. The first-order chi connectivity index (χ1) is 6.74. The zero-order chi connectivity index (χ0) is 10.1. The zero-order valence-corrected chi connectivity index (χ0v) is 7.41. The highest BCUT2D eigenvalue weighted by atomic mass is 19.1. The van der Waals surface area contributed by atoms with Crippen molar-refractivity contribution in [2.75, 3.05) is 7.11 Å². The van der Waals surface area contributed by atoms with Gasteiger partial charge in [0.2, 0.25) is 0 Å². The van der Waals surface area contributed by atoms with Gasteiger partial charge >= 0.3 is 5.97 Å². The van der Waals surface area contributed by atoms with Crippen LogP contribution >= 0.6 is 0 Å². The minimum atomic E-state index is -0.603. The first-order valence-electron chi connectivity index (χ1n) is 3.98. The van der Waals surface area contributed by atoms with Crippen LogP contribution in [-0.2, 0) is 4.74 Å². The summed E-state index contributed by atoms with van der Waals surface area (Å²) < 4.78 is 22.8. The highest BCUT2D eigenvalue weighted by molar-refractivity contribution is 6.03. The van der Waals surface area contributed by atoms with Crippen molar-refractivity contribution < 1.29 is 18.3 Å². The summed E-state index contributed by atoms with van der Waals surface area (Å²) in [6.45, 7) is 0. The Hall–Kier alpha value is -1.84. The fourth-order valence-electron chi connectivity index (χ4n) is 1.31. The Kier molecular flexibility index (Phi) is 1.96. The fraction of sp³-hybridized carbons (Fsp3) is 0.100. The molecule has 0 aliphatic heterocycles. The van der Waals surface area contributed by atoms with Gasteiger partial charge in [-0.05, 0) is 12.1 Å². The third-order valence-corrected chi connectivity index (χ3v) is 1.95. The topological polar surface area (TPSA) is 39.4 Å². The molecule has 0 saturated carbocycles. The average molecular weight is 194 g/mol. The molecule has 2 aromatic rings. The van der Waals surface area contributed by atoms with E-state index in [1.165, 1.54) is 25.5 Å². The van der Waals surface area contributed by atoms with Crippen molar-refractivity contribution in [2.45, 2.75) is 0 Å². The number of methoxy groups -OCH3 is 1. The minimum absolute atomic E-state index is 0.112. The van der Waals surface area contributed by atoms with Crippen molar-refractivity contribution in [1.82, 2.24) is 0 Å². The smallest absolute Gasteiger partial charge is 0.341 e. The maximum atomic E-state index is 13.3. The van der Waals surface area contributed by atoms with Crippen molar-refractivity contribution in [3.63, 3.8) is 0 Å². The number of furan rings is 1. The second-order valence-electron chi connectivity index (χ2n) is 2.75. The van der Waals surface area contributed by atoms with Gasteiger partial charge < -0.3 is 9.15 Å². The molecular formula is C10H7FO3. The van der Waals surface area contributed by atoms with E-state index in [0.29, 0.717) is 5.58 Å². The van der Waals surface area contributed by atoms with Gasteiger partial charge in [0.1, 0.15) is 23.2 Å². The number of ether oxygens (including phenoxy) is 1. The van der Waals surface area contributed by atoms with Crippen LogP contribution in [0.2, 0.25) is 0 Å². The Morgan fingerprint density at radius 3 is 3.00 bits per heavy atom. The van der Waals surface area contributed by atoms with E-state index >= 15 is 0 Å². The van der Waals surface area contributed by atoms with Crippen LogP contribution in [0.3, 0.4) is 0 Å². The van der Waals surface area contributed by atoms with Crippen molar-refractivity contribution in [2.24, 2.45) is 0 Å². The predicted octanol–water partition coefficient (Wildman–Crippen LogP) is 2.36. The van der Waals surface area contributed by atoms with Crippen molar-refractivity contribution in [1.29, 1.82) is 0 Å². The van der Waals surface area contributed by atoms with Gasteiger partial charge in [-0.2, -0.15) is 0 Å². The summed E-state index contributed by atoms with van der Waals surface area (Å²) in [6, 6.07) is 4.37. The molecule has 0 N–H and O–H groups in total. The Morgan fingerprint density at radius 2 is 2.29 bits per heavy atom. The fourth-order valence-corrected chi connectivity index (χ4v) is 1.31. The summed E-state index contributed by atoms with van der Waals surface area (Å²) in [5.74, 6) is -1.09. The number of esters is 1. The molecule has 1 aromatic carbocycles. The number of hydrogen-bond acceptors (Lipinski definition) is 3. The van der Waals surface area contributed by atoms with E-state index < -0.39 is 11.8 Å². The van der Waals surface area contributed by atoms with E-state index in [9.17, 15) is 9.18 Å². The molecule has 0 spiro atoms.